The van der Waals surface area contributed by atoms with E-state index in [1.165, 1.54) is 0 Å². The minimum atomic E-state index is 0.287. The monoisotopic (exact) mass is 208 g/mol. The second-order valence-electron chi connectivity index (χ2n) is 2.90. The van der Waals surface area contributed by atoms with Gasteiger partial charge in [0.15, 0.2) is 0 Å². The lowest BCUT2D eigenvalue weighted by Crippen LogP contribution is -1.88. The molecule has 0 aliphatic heterocycles. The van der Waals surface area contributed by atoms with Crippen molar-refractivity contribution in [3.05, 3.63) is 41.5 Å². The first-order valence-corrected chi connectivity index (χ1v) is 4.94. The molecule has 0 bridgehead atoms. The Morgan fingerprint density at radius 1 is 1.57 bits per heavy atom. The summed E-state index contributed by atoms with van der Waals surface area (Å²) in [6, 6.07) is 1.84. The third kappa shape index (κ3) is 3.30. The van der Waals surface area contributed by atoms with Gasteiger partial charge in [-0.25, -0.2) is 9.97 Å². The van der Waals surface area contributed by atoms with Gasteiger partial charge in [-0.05, 0) is 36.6 Å². The van der Waals surface area contributed by atoms with Crippen LogP contribution in [0.15, 0.2) is 30.5 Å². The summed E-state index contributed by atoms with van der Waals surface area (Å²) in [4.78, 5) is 7.93. The lowest BCUT2D eigenvalue weighted by Gasteiger charge is -1.98. The Kier molecular flexibility index (Phi) is 4.33. The first-order chi connectivity index (χ1) is 6.74. The largest absolute Gasteiger partial charge is 0.226 e. The van der Waals surface area contributed by atoms with Crippen LogP contribution in [0.25, 0.3) is 5.57 Å². The summed E-state index contributed by atoms with van der Waals surface area (Å²) in [5, 5.41) is 0.287. The van der Waals surface area contributed by atoms with Crippen molar-refractivity contribution < 1.29 is 0 Å². The molecule has 0 aliphatic carbocycles. The molecular weight excluding hydrogens is 196 g/mol. The van der Waals surface area contributed by atoms with E-state index in [0.29, 0.717) is 0 Å². The minimum absolute atomic E-state index is 0.287. The number of allylic oxidation sites excluding steroid dienone is 4. The van der Waals surface area contributed by atoms with E-state index in [-0.39, 0.29) is 5.28 Å². The van der Waals surface area contributed by atoms with Crippen LogP contribution in [0.5, 0.6) is 0 Å². The van der Waals surface area contributed by atoms with Crippen molar-refractivity contribution in [3.63, 3.8) is 0 Å². The normalized spacial score (nSPS) is 12.4. The van der Waals surface area contributed by atoms with E-state index in [1.54, 1.807) is 6.20 Å². The van der Waals surface area contributed by atoms with E-state index in [2.05, 4.69) is 23.0 Å². The van der Waals surface area contributed by atoms with Crippen LogP contribution >= 0.6 is 11.6 Å². The van der Waals surface area contributed by atoms with Gasteiger partial charge in [0.2, 0.25) is 5.28 Å². The summed E-state index contributed by atoms with van der Waals surface area (Å²) < 4.78 is 0. The molecule has 1 aromatic heterocycles. The Morgan fingerprint density at radius 2 is 2.36 bits per heavy atom. The second-order valence-corrected chi connectivity index (χ2v) is 3.24. The molecule has 0 amide bonds. The lowest BCUT2D eigenvalue weighted by atomic mass is 10.2. The predicted octanol–water partition coefficient (Wildman–Crippen LogP) is 3.50. The van der Waals surface area contributed by atoms with E-state index in [4.69, 9.17) is 11.6 Å². The van der Waals surface area contributed by atoms with E-state index in [1.807, 2.05) is 25.1 Å². The van der Waals surface area contributed by atoms with Gasteiger partial charge in [0, 0.05) is 6.20 Å². The van der Waals surface area contributed by atoms with Gasteiger partial charge in [0.05, 0.1) is 5.69 Å². The molecule has 3 heteroatoms. The highest BCUT2D eigenvalue weighted by molar-refractivity contribution is 6.28. The molecule has 0 aromatic carbocycles. The summed E-state index contributed by atoms with van der Waals surface area (Å²) in [5.41, 5.74) is 1.95. The minimum Gasteiger partial charge on any atom is -0.226 e. The Bertz CT molecular complexity index is 356. The van der Waals surface area contributed by atoms with Crippen LogP contribution < -0.4 is 0 Å². The average Bonchev–Trinajstić information content (AvgIpc) is 2.18. The third-order valence-corrected chi connectivity index (χ3v) is 1.93. The predicted molar refractivity (Wildman–Crippen MR) is 60.1 cm³/mol. The molecule has 1 aromatic rings. The maximum absolute atomic E-state index is 5.68. The van der Waals surface area contributed by atoms with Gasteiger partial charge in [-0.3, -0.25) is 0 Å². The number of halogens is 1. The fraction of sp³-hybridized carbons (Fsp3) is 0.273. The Hall–Kier alpha value is -1.15. The van der Waals surface area contributed by atoms with Gasteiger partial charge in [0.1, 0.15) is 0 Å². The highest BCUT2D eigenvalue weighted by Gasteiger charge is 1.97. The Morgan fingerprint density at radius 3 is 3.00 bits per heavy atom. The van der Waals surface area contributed by atoms with Crippen molar-refractivity contribution >= 4 is 17.2 Å². The summed E-state index contributed by atoms with van der Waals surface area (Å²) in [7, 11) is 0. The van der Waals surface area contributed by atoms with Crippen LogP contribution in [0, 0.1) is 0 Å². The molecule has 0 unspecified atom stereocenters. The molecule has 0 N–H and O–H groups in total. The van der Waals surface area contributed by atoms with Crippen molar-refractivity contribution in [2.24, 2.45) is 0 Å². The third-order valence-electron chi connectivity index (χ3n) is 1.75. The van der Waals surface area contributed by atoms with Crippen molar-refractivity contribution in [2.45, 2.75) is 20.3 Å². The van der Waals surface area contributed by atoms with Crippen LogP contribution in [-0.4, -0.2) is 9.97 Å². The first kappa shape index (κ1) is 10.9. The first-order valence-electron chi connectivity index (χ1n) is 4.56. The fourth-order valence-electron chi connectivity index (χ4n) is 0.988. The van der Waals surface area contributed by atoms with E-state index in [0.717, 1.165) is 17.7 Å². The van der Waals surface area contributed by atoms with Crippen LogP contribution in [0.2, 0.25) is 5.28 Å². The van der Waals surface area contributed by atoms with Crippen LogP contribution in [0.4, 0.5) is 0 Å². The fourth-order valence-corrected chi connectivity index (χ4v) is 1.14. The van der Waals surface area contributed by atoms with Gasteiger partial charge in [-0.15, -0.1) is 0 Å². The zero-order valence-electron chi connectivity index (χ0n) is 8.37. The van der Waals surface area contributed by atoms with Crippen molar-refractivity contribution in [2.75, 3.05) is 0 Å². The molecular formula is C11H13ClN2. The molecule has 0 fully saturated rings. The van der Waals surface area contributed by atoms with Gasteiger partial charge < -0.3 is 0 Å². The zero-order valence-corrected chi connectivity index (χ0v) is 9.12. The summed E-state index contributed by atoms with van der Waals surface area (Å²) in [6.45, 7) is 4.10. The van der Waals surface area contributed by atoms with E-state index >= 15 is 0 Å². The second kappa shape index (κ2) is 5.55. The summed E-state index contributed by atoms with van der Waals surface area (Å²) in [5.74, 6) is 0. The van der Waals surface area contributed by atoms with Gasteiger partial charge in [-0.2, -0.15) is 0 Å². The molecule has 0 saturated heterocycles. The number of rotatable bonds is 3. The maximum Gasteiger partial charge on any atom is 0.222 e. The number of hydrogen-bond donors (Lipinski definition) is 0. The Balaban J connectivity index is 2.83. The molecule has 74 valence electrons. The Labute approximate surface area is 89.3 Å². The molecule has 0 aliphatic rings. The summed E-state index contributed by atoms with van der Waals surface area (Å²) >= 11 is 5.68. The standard InChI is InChI=1S/C11H13ClN2/c1-3-4-5-6-9(2)10-7-8-13-11(12)14-10/h4-8H,3H2,1-2H3. The van der Waals surface area contributed by atoms with Crippen LogP contribution in [0.1, 0.15) is 26.0 Å². The molecule has 14 heavy (non-hydrogen) atoms. The quantitative estimate of drug-likeness (QED) is 0.561. The molecule has 1 rings (SSSR count). The van der Waals surface area contributed by atoms with Crippen molar-refractivity contribution in [1.29, 1.82) is 0 Å². The van der Waals surface area contributed by atoms with Crippen LogP contribution in [0.3, 0.4) is 0 Å². The summed E-state index contributed by atoms with van der Waals surface area (Å²) in [6.07, 6.45) is 8.82. The smallest absolute Gasteiger partial charge is 0.222 e. The van der Waals surface area contributed by atoms with Gasteiger partial charge in [-0.1, -0.05) is 25.2 Å². The zero-order chi connectivity index (χ0) is 10.4. The van der Waals surface area contributed by atoms with Crippen molar-refractivity contribution in [1.82, 2.24) is 9.97 Å². The molecule has 0 radical (unpaired) electrons. The van der Waals surface area contributed by atoms with Crippen molar-refractivity contribution in [3.8, 4) is 0 Å². The molecule has 2 nitrogen and oxygen atoms in total. The van der Waals surface area contributed by atoms with Crippen LogP contribution in [-0.2, 0) is 0 Å². The number of aromatic nitrogens is 2. The molecule has 0 atom stereocenters. The number of hydrogen-bond acceptors (Lipinski definition) is 2. The molecule has 1 heterocycles. The lowest BCUT2D eigenvalue weighted by molar-refractivity contribution is 1.14. The highest BCUT2D eigenvalue weighted by Crippen LogP contribution is 2.11. The van der Waals surface area contributed by atoms with Gasteiger partial charge >= 0.3 is 0 Å². The van der Waals surface area contributed by atoms with E-state index in [9.17, 15) is 0 Å². The van der Waals surface area contributed by atoms with Gasteiger partial charge in [0.25, 0.3) is 0 Å². The molecule has 0 saturated carbocycles. The molecule has 0 spiro atoms. The number of nitrogens with zero attached hydrogens (tertiary/aromatic N) is 2. The van der Waals surface area contributed by atoms with E-state index < -0.39 is 0 Å². The average molecular weight is 209 g/mol. The SMILES string of the molecule is CCC=CC=C(C)c1ccnc(Cl)n1. The topological polar surface area (TPSA) is 25.8 Å². The highest BCUT2D eigenvalue weighted by atomic mass is 35.5. The maximum atomic E-state index is 5.68.